The summed E-state index contributed by atoms with van der Waals surface area (Å²) in [5, 5.41) is 0. The highest BCUT2D eigenvalue weighted by Crippen LogP contribution is 2.29. The van der Waals surface area contributed by atoms with Crippen LogP contribution in [0.1, 0.15) is 71.6 Å². The number of ether oxygens (including phenoxy) is 1. The second-order valence-corrected chi connectivity index (χ2v) is 4.94. The molecular formula is C14H26O2. The van der Waals surface area contributed by atoms with Crippen molar-refractivity contribution in [2.45, 2.75) is 77.7 Å². The number of rotatable bonds is 6. The normalized spacial score (nSPS) is 19.4. The van der Waals surface area contributed by atoms with Crippen molar-refractivity contribution in [3.05, 3.63) is 0 Å². The van der Waals surface area contributed by atoms with Crippen LogP contribution in [0.4, 0.5) is 0 Å². The van der Waals surface area contributed by atoms with Gasteiger partial charge in [-0.15, -0.1) is 0 Å². The van der Waals surface area contributed by atoms with Crippen LogP contribution in [0.15, 0.2) is 0 Å². The van der Waals surface area contributed by atoms with Crippen LogP contribution in [-0.2, 0) is 9.53 Å². The van der Waals surface area contributed by atoms with E-state index >= 15 is 0 Å². The summed E-state index contributed by atoms with van der Waals surface area (Å²) in [4.78, 5) is 11.6. The molecule has 1 aliphatic carbocycles. The molecule has 0 amide bonds. The van der Waals surface area contributed by atoms with Crippen LogP contribution in [0.3, 0.4) is 0 Å². The Morgan fingerprint density at radius 3 is 2.50 bits per heavy atom. The van der Waals surface area contributed by atoms with Gasteiger partial charge in [-0.25, -0.2) is 0 Å². The molecule has 0 aromatic carbocycles. The molecule has 0 saturated heterocycles. The topological polar surface area (TPSA) is 26.3 Å². The van der Waals surface area contributed by atoms with E-state index < -0.39 is 0 Å². The zero-order chi connectivity index (χ0) is 11.8. The summed E-state index contributed by atoms with van der Waals surface area (Å²) in [5.74, 6) is 0.642. The summed E-state index contributed by atoms with van der Waals surface area (Å²) >= 11 is 0. The molecule has 1 aliphatic rings. The van der Waals surface area contributed by atoms with Crippen LogP contribution >= 0.6 is 0 Å². The first kappa shape index (κ1) is 13.5. The Kier molecular flexibility index (Phi) is 6.51. The fourth-order valence-corrected chi connectivity index (χ4v) is 2.57. The van der Waals surface area contributed by atoms with Crippen molar-refractivity contribution in [3.63, 3.8) is 0 Å². The molecule has 1 fully saturated rings. The van der Waals surface area contributed by atoms with Crippen molar-refractivity contribution in [2.75, 3.05) is 0 Å². The third-order valence-electron chi connectivity index (χ3n) is 3.60. The van der Waals surface area contributed by atoms with Crippen LogP contribution in [0, 0.1) is 5.92 Å². The number of carbonyl (C=O) groups excluding carboxylic acids is 1. The second kappa shape index (κ2) is 7.70. The number of hydrogen-bond donors (Lipinski definition) is 0. The molecule has 2 nitrogen and oxygen atoms in total. The lowest BCUT2D eigenvalue weighted by atomic mass is 9.84. The Labute approximate surface area is 99.8 Å². The average Bonchev–Trinajstić information content (AvgIpc) is 2.34. The highest BCUT2D eigenvalue weighted by molar-refractivity contribution is 5.69. The van der Waals surface area contributed by atoms with E-state index in [1.165, 1.54) is 32.1 Å². The van der Waals surface area contributed by atoms with Crippen molar-refractivity contribution < 1.29 is 9.53 Å². The van der Waals surface area contributed by atoms with Crippen LogP contribution < -0.4 is 0 Å². The molecule has 0 spiro atoms. The summed E-state index contributed by atoms with van der Waals surface area (Å²) in [6, 6.07) is 0. The molecule has 2 heteroatoms. The molecule has 1 unspecified atom stereocenters. The first-order valence-corrected chi connectivity index (χ1v) is 6.97. The standard InChI is InChI=1S/C14H26O2/c1-3-5-11-14(15)16-13(4-2)12-9-7-6-8-10-12/h12-13H,3-11H2,1-2H3. The molecule has 16 heavy (non-hydrogen) atoms. The SMILES string of the molecule is CCCCC(=O)OC(CC)C1CCCCC1. The van der Waals surface area contributed by atoms with Gasteiger partial charge in [-0.2, -0.15) is 0 Å². The van der Waals surface area contributed by atoms with Gasteiger partial charge in [-0.05, 0) is 31.6 Å². The maximum Gasteiger partial charge on any atom is 0.306 e. The number of esters is 1. The molecule has 0 aromatic rings. The van der Waals surface area contributed by atoms with E-state index in [9.17, 15) is 4.79 Å². The molecule has 0 radical (unpaired) electrons. The van der Waals surface area contributed by atoms with Crippen LogP contribution in [0.2, 0.25) is 0 Å². The van der Waals surface area contributed by atoms with Crippen molar-refractivity contribution >= 4 is 5.97 Å². The summed E-state index contributed by atoms with van der Waals surface area (Å²) in [7, 11) is 0. The van der Waals surface area contributed by atoms with E-state index in [2.05, 4.69) is 13.8 Å². The van der Waals surface area contributed by atoms with Crippen molar-refractivity contribution in [1.82, 2.24) is 0 Å². The maximum atomic E-state index is 11.6. The van der Waals surface area contributed by atoms with Gasteiger partial charge in [-0.1, -0.05) is 39.5 Å². The Morgan fingerprint density at radius 2 is 1.94 bits per heavy atom. The lowest BCUT2D eigenvalue weighted by Gasteiger charge is -2.29. The van der Waals surface area contributed by atoms with Gasteiger partial charge in [0.25, 0.3) is 0 Å². The molecule has 0 aromatic heterocycles. The fourth-order valence-electron chi connectivity index (χ4n) is 2.57. The van der Waals surface area contributed by atoms with Crippen LogP contribution in [-0.4, -0.2) is 12.1 Å². The van der Waals surface area contributed by atoms with E-state index in [1.54, 1.807) is 0 Å². The van der Waals surface area contributed by atoms with Gasteiger partial charge in [0.05, 0.1) is 0 Å². The number of unbranched alkanes of at least 4 members (excludes halogenated alkanes) is 1. The Morgan fingerprint density at radius 1 is 1.25 bits per heavy atom. The summed E-state index contributed by atoms with van der Waals surface area (Å²) < 4.78 is 5.60. The Bertz CT molecular complexity index is 195. The summed E-state index contributed by atoms with van der Waals surface area (Å²) in [6.45, 7) is 4.23. The van der Waals surface area contributed by atoms with Gasteiger partial charge >= 0.3 is 5.97 Å². The minimum Gasteiger partial charge on any atom is -0.462 e. The summed E-state index contributed by atoms with van der Waals surface area (Å²) in [5.41, 5.74) is 0. The van der Waals surface area contributed by atoms with Crippen LogP contribution in [0.25, 0.3) is 0 Å². The van der Waals surface area contributed by atoms with Gasteiger partial charge in [0.15, 0.2) is 0 Å². The van der Waals surface area contributed by atoms with E-state index in [1.807, 2.05) is 0 Å². The van der Waals surface area contributed by atoms with Gasteiger partial charge in [0.2, 0.25) is 0 Å². The van der Waals surface area contributed by atoms with E-state index in [-0.39, 0.29) is 12.1 Å². The maximum absolute atomic E-state index is 11.6. The lowest BCUT2D eigenvalue weighted by Crippen LogP contribution is -2.28. The second-order valence-electron chi connectivity index (χ2n) is 4.94. The zero-order valence-corrected chi connectivity index (χ0v) is 10.8. The van der Waals surface area contributed by atoms with E-state index in [0.29, 0.717) is 12.3 Å². The van der Waals surface area contributed by atoms with Gasteiger partial charge in [0, 0.05) is 6.42 Å². The summed E-state index contributed by atoms with van der Waals surface area (Å²) in [6.07, 6.45) is 10.3. The number of carbonyl (C=O) groups is 1. The van der Waals surface area contributed by atoms with Gasteiger partial charge in [0.1, 0.15) is 6.10 Å². The first-order valence-electron chi connectivity index (χ1n) is 6.97. The highest BCUT2D eigenvalue weighted by Gasteiger charge is 2.25. The van der Waals surface area contributed by atoms with Crippen molar-refractivity contribution in [3.8, 4) is 0 Å². The number of hydrogen-bond acceptors (Lipinski definition) is 2. The minimum atomic E-state index is 0.0132. The average molecular weight is 226 g/mol. The predicted molar refractivity (Wildman–Crippen MR) is 66.3 cm³/mol. The third-order valence-corrected chi connectivity index (χ3v) is 3.60. The lowest BCUT2D eigenvalue weighted by molar-refractivity contribution is -0.152. The minimum absolute atomic E-state index is 0.0132. The molecular weight excluding hydrogens is 200 g/mol. The molecule has 0 bridgehead atoms. The highest BCUT2D eigenvalue weighted by atomic mass is 16.5. The molecule has 1 saturated carbocycles. The van der Waals surface area contributed by atoms with Gasteiger partial charge < -0.3 is 4.74 Å². The Hall–Kier alpha value is -0.530. The Balaban J connectivity index is 2.32. The molecule has 94 valence electrons. The third kappa shape index (κ3) is 4.54. The molecule has 1 atom stereocenters. The largest absolute Gasteiger partial charge is 0.462 e. The molecule has 1 rings (SSSR count). The monoisotopic (exact) mass is 226 g/mol. The fraction of sp³-hybridized carbons (Fsp3) is 0.929. The van der Waals surface area contributed by atoms with Crippen molar-refractivity contribution in [1.29, 1.82) is 0 Å². The van der Waals surface area contributed by atoms with Gasteiger partial charge in [-0.3, -0.25) is 4.79 Å². The van der Waals surface area contributed by atoms with Crippen molar-refractivity contribution in [2.24, 2.45) is 5.92 Å². The zero-order valence-electron chi connectivity index (χ0n) is 10.8. The molecule has 0 N–H and O–H groups in total. The predicted octanol–water partition coefficient (Wildman–Crippen LogP) is 4.08. The van der Waals surface area contributed by atoms with Crippen LogP contribution in [0.5, 0.6) is 0 Å². The van der Waals surface area contributed by atoms with E-state index in [4.69, 9.17) is 4.74 Å². The molecule has 0 heterocycles. The molecule has 0 aliphatic heterocycles. The smallest absolute Gasteiger partial charge is 0.306 e. The first-order chi connectivity index (χ1) is 7.77. The van der Waals surface area contributed by atoms with E-state index in [0.717, 1.165) is 19.3 Å². The quantitative estimate of drug-likeness (QED) is 0.638.